The van der Waals surface area contributed by atoms with Gasteiger partial charge in [-0.05, 0) is 126 Å². The first-order valence-electron chi connectivity index (χ1n) is 39.8. The molecule has 4 aliphatic rings. The molecule has 19 aromatic rings. The predicted molar refractivity (Wildman–Crippen MR) is 470 cm³/mol. The highest BCUT2D eigenvalue weighted by molar-refractivity contribution is 6.10. The molecule has 2 aliphatic carbocycles. The van der Waals surface area contributed by atoms with E-state index < -0.39 is 5.41 Å². The third-order valence-corrected chi connectivity index (χ3v) is 24.4. The van der Waals surface area contributed by atoms with Crippen LogP contribution in [0.15, 0.2) is 362 Å². The Balaban J connectivity index is 0.559. The number of nitrogens with zero attached hydrogens (tertiary/aromatic N) is 4. The molecule has 5 heterocycles. The van der Waals surface area contributed by atoms with E-state index in [2.05, 4.69) is 306 Å². The van der Waals surface area contributed by atoms with Crippen molar-refractivity contribution in [3.8, 4) is 181 Å². The van der Waals surface area contributed by atoms with E-state index in [0.717, 1.165) is 162 Å². The highest BCUT2D eigenvalue weighted by Crippen LogP contribution is 2.63. The van der Waals surface area contributed by atoms with Crippen LogP contribution in [0.3, 0.4) is 0 Å². The molecular formula is C108H70N4O5. The summed E-state index contributed by atoms with van der Waals surface area (Å²) in [6.07, 6.45) is 0.722. The fourth-order valence-electron chi connectivity index (χ4n) is 18.8. The van der Waals surface area contributed by atoms with Gasteiger partial charge in [-0.2, -0.15) is 0 Å². The molecule has 0 bridgehead atoms. The van der Waals surface area contributed by atoms with Crippen molar-refractivity contribution in [3.63, 3.8) is 0 Å². The predicted octanol–water partition coefficient (Wildman–Crippen LogP) is 28.6. The van der Waals surface area contributed by atoms with Gasteiger partial charge in [0.15, 0.2) is 57.6 Å². The summed E-state index contributed by atoms with van der Waals surface area (Å²) >= 11 is 0. The molecule has 16 aromatic carbocycles. The van der Waals surface area contributed by atoms with Crippen LogP contribution in [0.4, 0.5) is 0 Å². The van der Waals surface area contributed by atoms with Gasteiger partial charge in [-0.1, -0.05) is 336 Å². The minimum Gasteiger partial charge on any atom is -0.455 e. The first-order valence-corrected chi connectivity index (χ1v) is 39.8. The van der Waals surface area contributed by atoms with Crippen molar-refractivity contribution in [2.24, 2.45) is 0 Å². The largest absolute Gasteiger partial charge is 0.455 e. The molecule has 9 heteroatoms. The number of hydrogen-bond donors (Lipinski definition) is 0. The van der Waals surface area contributed by atoms with Crippen LogP contribution in [-0.2, 0) is 17.3 Å². The molecule has 0 fully saturated rings. The van der Waals surface area contributed by atoms with Gasteiger partial charge in [-0.15, -0.1) is 0 Å². The third-order valence-electron chi connectivity index (χ3n) is 24.4. The zero-order valence-corrected chi connectivity index (χ0v) is 64.1. The van der Waals surface area contributed by atoms with E-state index in [1.54, 1.807) is 0 Å². The second-order valence-corrected chi connectivity index (χ2v) is 31.5. The molecule has 0 spiro atoms. The van der Waals surface area contributed by atoms with Crippen LogP contribution in [0.1, 0.15) is 48.6 Å². The maximum atomic E-state index is 7.28. The number of para-hydroxylation sites is 4. The maximum Gasteiger partial charge on any atom is 0.178 e. The Labute approximate surface area is 676 Å². The van der Waals surface area contributed by atoms with Gasteiger partial charge in [0.05, 0.1) is 22.8 Å². The van der Waals surface area contributed by atoms with Gasteiger partial charge in [0, 0.05) is 82.8 Å². The molecule has 2 aliphatic heterocycles. The first kappa shape index (κ1) is 67.6. The summed E-state index contributed by atoms with van der Waals surface area (Å²) in [5, 5.41) is 4.39. The molecule has 1 unspecified atom stereocenters. The SMILES string of the molecule is CC1(C)c2ccccc2-c2c1ccc1c2Oc2cccc(-c3ccccc3-c3cc(-c4ccc(-c5cccc(CC6(C)c7ccccc7-c7c6ccc6c7Oc7cccc(-c8ccccc8-c8nc(-c9ccccc9)cc(-c9ccc(-c%10cccc%11c%10oc%10ccccc%10%11)cc9)n8)c7O6)c5)c5ccccc45)nc(-c4ccccc4)n3)c2O1. The van der Waals surface area contributed by atoms with Crippen LogP contribution in [0, 0.1) is 0 Å². The van der Waals surface area contributed by atoms with Gasteiger partial charge < -0.3 is 23.4 Å². The molecule has 0 saturated carbocycles. The fraction of sp³-hybridized carbons (Fsp3) is 0.0556. The maximum absolute atomic E-state index is 7.28. The molecule has 0 N–H and O–H groups in total. The average molecular weight is 1500 g/mol. The van der Waals surface area contributed by atoms with Crippen molar-refractivity contribution in [2.75, 3.05) is 0 Å². The molecule has 23 rings (SSSR count). The lowest BCUT2D eigenvalue weighted by atomic mass is 9.75. The number of benzene rings is 16. The number of fused-ring (bicyclic) bond motifs is 16. The molecule has 1 atom stereocenters. The highest BCUT2D eigenvalue weighted by atomic mass is 16.6. The number of aromatic nitrogens is 4. The van der Waals surface area contributed by atoms with Crippen molar-refractivity contribution in [3.05, 3.63) is 386 Å². The molecule has 552 valence electrons. The monoisotopic (exact) mass is 1500 g/mol. The van der Waals surface area contributed by atoms with Crippen LogP contribution < -0.4 is 18.9 Å². The standard InChI is InChI=1S/C108H70N4O5/c1-107(2)85-45-19-16-39-83(85)98-87(107)56-58-96-103(98)116-94-48-24-43-79(101(94)114-96)74-34-12-14-36-76(74)91-62-92(112-105(111-91)68-29-8-5-9-30-68)77-55-54-70(72-32-10-11-33-73(72)77)69-31-22-26-64(60-69)63-108(3)86-46-20-17-40-84(86)99-88(108)57-59-97-104(99)117-95-49-25-44-80(102(95)115-97)75-35-13-15-38-82(75)106-109-89(66-27-6-4-7-28-66)61-90(110-106)67-52-50-65(51-53-67)71-41-23-42-81-78-37-18-21-47-93(78)113-100(71)81/h4-62H,63H2,1-3H3. The van der Waals surface area contributed by atoms with Crippen LogP contribution >= 0.6 is 0 Å². The van der Waals surface area contributed by atoms with Crippen molar-refractivity contribution in [2.45, 2.75) is 38.0 Å². The number of rotatable bonds is 12. The summed E-state index contributed by atoms with van der Waals surface area (Å²) < 4.78 is 35.0. The summed E-state index contributed by atoms with van der Waals surface area (Å²) in [5.74, 6) is 6.55. The summed E-state index contributed by atoms with van der Waals surface area (Å²) in [6.45, 7) is 6.94. The zero-order chi connectivity index (χ0) is 77.6. The lowest BCUT2D eigenvalue weighted by Gasteiger charge is -2.29. The smallest absolute Gasteiger partial charge is 0.178 e. The first-order chi connectivity index (χ1) is 57.6. The van der Waals surface area contributed by atoms with Crippen LogP contribution in [-0.4, -0.2) is 19.9 Å². The second-order valence-electron chi connectivity index (χ2n) is 31.5. The molecule has 0 saturated heterocycles. The second kappa shape index (κ2) is 26.5. The van der Waals surface area contributed by atoms with Crippen molar-refractivity contribution in [1.29, 1.82) is 0 Å². The van der Waals surface area contributed by atoms with E-state index in [9.17, 15) is 0 Å². The third kappa shape index (κ3) is 10.9. The number of ether oxygens (including phenoxy) is 4. The van der Waals surface area contributed by atoms with Gasteiger partial charge in [0.25, 0.3) is 0 Å². The topological polar surface area (TPSA) is 102 Å². The van der Waals surface area contributed by atoms with E-state index in [1.165, 1.54) is 33.4 Å². The zero-order valence-electron chi connectivity index (χ0n) is 64.1. The minimum absolute atomic E-state index is 0.186. The Bertz CT molecular complexity index is 7350. The Morgan fingerprint density at radius 2 is 0.692 bits per heavy atom. The average Bonchev–Trinajstić information content (AvgIpc) is 1.55. The van der Waals surface area contributed by atoms with Gasteiger partial charge in [0.2, 0.25) is 0 Å². The van der Waals surface area contributed by atoms with E-state index >= 15 is 0 Å². The molecular weight excluding hydrogens is 1430 g/mol. The summed E-state index contributed by atoms with van der Waals surface area (Å²) in [6, 6.07) is 125. The van der Waals surface area contributed by atoms with E-state index in [-0.39, 0.29) is 5.41 Å². The Morgan fingerprint density at radius 3 is 1.38 bits per heavy atom. The fourth-order valence-corrected chi connectivity index (χ4v) is 18.8. The summed E-state index contributed by atoms with van der Waals surface area (Å²) in [5.41, 5.74) is 28.5. The Kier molecular flexibility index (Phi) is 15.3. The molecule has 0 radical (unpaired) electrons. The minimum atomic E-state index is -0.452. The normalized spacial score (nSPS) is 14.2. The number of furan rings is 1. The lowest BCUT2D eigenvalue weighted by Crippen LogP contribution is -2.24. The summed E-state index contributed by atoms with van der Waals surface area (Å²) in [4.78, 5) is 21.6. The Morgan fingerprint density at radius 1 is 0.248 bits per heavy atom. The highest BCUT2D eigenvalue weighted by Gasteiger charge is 2.44. The van der Waals surface area contributed by atoms with Crippen LogP contribution in [0.5, 0.6) is 46.0 Å². The van der Waals surface area contributed by atoms with Crippen molar-refractivity contribution < 1.29 is 23.4 Å². The van der Waals surface area contributed by atoms with E-state index in [4.69, 9.17) is 43.3 Å². The number of hydrogen-bond acceptors (Lipinski definition) is 9. The Hall–Kier alpha value is -15.1. The lowest BCUT2D eigenvalue weighted by molar-refractivity contribution is 0.361. The molecule has 0 amide bonds. The van der Waals surface area contributed by atoms with Crippen molar-refractivity contribution >= 4 is 32.7 Å². The van der Waals surface area contributed by atoms with Crippen LogP contribution in [0.2, 0.25) is 0 Å². The van der Waals surface area contributed by atoms with Gasteiger partial charge in [0.1, 0.15) is 11.2 Å². The van der Waals surface area contributed by atoms with Crippen molar-refractivity contribution in [1.82, 2.24) is 19.9 Å². The van der Waals surface area contributed by atoms with E-state index in [0.29, 0.717) is 51.9 Å². The van der Waals surface area contributed by atoms with Gasteiger partial charge >= 0.3 is 0 Å². The molecule has 3 aromatic heterocycles. The molecule has 117 heavy (non-hydrogen) atoms. The molecule has 9 nitrogen and oxygen atoms in total. The summed E-state index contributed by atoms with van der Waals surface area (Å²) in [7, 11) is 0. The van der Waals surface area contributed by atoms with E-state index in [1.807, 2.05) is 72.8 Å². The van der Waals surface area contributed by atoms with Crippen LogP contribution in [0.25, 0.3) is 167 Å². The quantitative estimate of drug-likeness (QED) is 0.118. The van der Waals surface area contributed by atoms with Gasteiger partial charge in [-0.25, -0.2) is 19.9 Å². The van der Waals surface area contributed by atoms with Gasteiger partial charge in [-0.3, -0.25) is 0 Å².